The van der Waals surface area contributed by atoms with Gasteiger partial charge in [-0.05, 0) is 68.2 Å². The van der Waals surface area contributed by atoms with Crippen LogP contribution in [0.4, 0.5) is 10.5 Å². The number of hydrogen-bond donors (Lipinski definition) is 0. The molecule has 1 saturated heterocycles. The molecule has 3 aromatic rings. The van der Waals surface area contributed by atoms with E-state index < -0.39 is 0 Å². The van der Waals surface area contributed by atoms with Crippen LogP contribution in [0.25, 0.3) is 0 Å². The molecule has 1 amide bonds. The Morgan fingerprint density at radius 3 is 2.60 bits per heavy atom. The molecule has 0 unspecified atom stereocenters. The second-order valence-electron chi connectivity index (χ2n) is 9.66. The molecule has 2 aliphatic heterocycles. The van der Waals surface area contributed by atoms with Crippen LogP contribution in [-0.4, -0.2) is 37.7 Å². The molecule has 6 heteroatoms. The van der Waals surface area contributed by atoms with Gasteiger partial charge in [0, 0.05) is 29.1 Å². The minimum atomic E-state index is -0.314. The minimum absolute atomic E-state index is 0.0460. The predicted molar refractivity (Wildman–Crippen MR) is 139 cm³/mol. The first-order valence-corrected chi connectivity index (χ1v) is 12.5. The number of aryl methyl sites for hydroxylation is 1. The summed E-state index contributed by atoms with van der Waals surface area (Å²) in [6.07, 6.45) is 1.69. The van der Waals surface area contributed by atoms with E-state index in [2.05, 4.69) is 42.2 Å². The maximum absolute atomic E-state index is 13.2. The van der Waals surface area contributed by atoms with Crippen LogP contribution in [0.15, 0.2) is 66.7 Å². The number of hydrogen-bond acceptors (Lipinski definition) is 4. The number of carbonyl (C=O) groups is 1. The van der Waals surface area contributed by atoms with E-state index in [1.807, 2.05) is 41.3 Å². The van der Waals surface area contributed by atoms with E-state index in [1.165, 1.54) is 16.7 Å². The second-order valence-corrected chi connectivity index (χ2v) is 10.1. The number of halogens is 1. The monoisotopic (exact) mass is 490 g/mol. The van der Waals surface area contributed by atoms with Crippen LogP contribution in [-0.2, 0) is 23.3 Å². The van der Waals surface area contributed by atoms with E-state index in [1.54, 1.807) is 7.11 Å². The number of benzene rings is 3. The Morgan fingerprint density at radius 1 is 1.03 bits per heavy atom. The highest BCUT2D eigenvalue weighted by Gasteiger charge is 2.46. The van der Waals surface area contributed by atoms with Crippen molar-refractivity contribution in [3.63, 3.8) is 0 Å². The molecule has 1 fully saturated rings. The molecule has 0 atom stereocenters. The first-order chi connectivity index (χ1) is 17.0. The summed E-state index contributed by atoms with van der Waals surface area (Å²) in [7, 11) is 1.70. The van der Waals surface area contributed by atoms with Crippen LogP contribution in [0.3, 0.4) is 0 Å². The zero-order valence-corrected chi connectivity index (χ0v) is 21.1. The normalized spacial score (nSPS) is 16.8. The summed E-state index contributed by atoms with van der Waals surface area (Å²) in [5, 5.41) is 0.609. The molecule has 0 saturated carbocycles. The maximum atomic E-state index is 13.2. The third-order valence-corrected chi connectivity index (χ3v) is 7.73. The van der Waals surface area contributed by atoms with Crippen molar-refractivity contribution < 1.29 is 14.3 Å². The van der Waals surface area contributed by atoms with Crippen LogP contribution in [0.2, 0.25) is 5.02 Å². The van der Waals surface area contributed by atoms with Gasteiger partial charge in [0.1, 0.15) is 12.4 Å². The number of nitrogens with zero attached hydrogens (tertiary/aromatic N) is 2. The van der Waals surface area contributed by atoms with Crippen LogP contribution in [0.5, 0.6) is 5.75 Å². The molecule has 182 valence electrons. The third-order valence-electron chi connectivity index (χ3n) is 7.36. The topological polar surface area (TPSA) is 42.0 Å². The molecule has 1 spiro atoms. The van der Waals surface area contributed by atoms with Gasteiger partial charge in [0.15, 0.2) is 0 Å². The van der Waals surface area contributed by atoms with Crippen LogP contribution in [0, 0.1) is 6.92 Å². The summed E-state index contributed by atoms with van der Waals surface area (Å²) < 4.78 is 11.1. The first-order valence-electron chi connectivity index (χ1n) is 12.1. The van der Waals surface area contributed by atoms with Gasteiger partial charge in [-0.2, -0.15) is 0 Å². The highest BCUT2D eigenvalue weighted by atomic mass is 35.5. The number of anilines is 1. The number of carbonyl (C=O) groups excluding carboxylic acids is 1. The van der Waals surface area contributed by atoms with E-state index in [4.69, 9.17) is 21.1 Å². The molecule has 5 nitrogen and oxygen atoms in total. The lowest BCUT2D eigenvalue weighted by molar-refractivity contribution is 0.139. The molecule has 3 aromatic carbocycles. The molecule has 0 aromatic heterocycles. The number of methoxy groups -OCH3 is 1. The summed E-state index contributed by atoms with van der Waals surface area (Å²) in [6, 6.07) is 22.1. The fourth-order valence-electron chi connectivity index (χ4n) is 5.37. The Balaban J connectivity index is 1.30. The van der Waals surface area contributed by atoms with Gasteiger partial charge in [-0.1, -0.05) is 59.6 Å². The third kappa shape index (κ3) is 4.89. The van der Waals surface area contributed by atoms with Crippen molar-refractivity contribution in [1.29, 1.82) is 0 Å². The fourth-order valence-corrected chi connectivity index (χ4v) is 5.56. The van der Waals surface area contributed by atoms with Gasteiger partial charge < -0.3 is 9.47 Å². The van der Waals surface area contributed by atoms with E-state index in [0.29, 0.717) is 11.6 Å². The van der Waals surface area contributed by atoms with Gasteiger partial charge in [-0.25, -0.2) is 4.79 Å². The van der Waals surface area contributed by atoms with Gasteiger partial charge in [-0.15, -0.1) is 0 Å². The van der Waals surface area contributed by atoms with Crippen molar-refractivity contribution in [1.82, 2.24) is 4.90 Å². The van der Waals surface area contributed by atoms with E-state index >= 15 is 0 Å². The highest BCUT2D eigenvalue weighted by molar-refractivity contribution is 6.31. The van der Waals surface area contributed by atoms with E-state index in [9.17, 15) is 4.79 Å². The molecule has 2 heterocycles. The van der Waals surface area contributed by atoms with Crippen molar-refractivity contribution >= 4 is 23.4 Å². The summed E-state index contributed by atoms with van der Waals surface area (Å²) in [5.41, 5.74) is 5.48. The number of rotatable bonds is 5. The Morgan fingerprint density at radius 2 is 1.83 bits per heavy atom. The molecule has 0 radical (unpaired) electrons. The summed E-state index contributed by atoms with van der Waals surface area (Å²) in [5.74, 6) is 0.891. The van der Waals surface area contributed by atoms with Gasteiger partial charge >= 0.3 is 6.09 Å². The van der Waals surface area contributed by atoms with Gasteiger partial charge in [-0.3, -0.25) is 9.80 Å². The number of fused-ring (bicyclic) bond motifs is 2. The molecule has 0 aliphatic carbocycles. The Hall–Kier alpha value is -3.02. The molecular formula is C29H31ClN2O3. The first kappa shape index (κ1) is 23.7. The molecule has 35 heavy (non-hydrogen) atoms. The standard InChI is InChI=1S/C29H31ClN2O3/c1-21-10-11-27-25(16-21)29(20-32(27)28(33)35-19-23-7-3-4-9-26(23)30)12-14-31(15-13-29)18-22-6-5-8-24(17-22)34-2/h3-11,16-17H,12-15,18-20H2,1-2H3. The van der Waals surface area contributed by atoms with E-state index in [-0.39, 0.29) is 18.1 Å². The summed E-state index contributed by atoms with van der Waals surface area (Å²) in [4.78, 5) is 17.5. The molecule has 2 aliphatic rings. The Labute approximate surface area is 212 Å². The largest absolute Gasteiger partial charge is 0.497 e. The summed E-state index contributed by atoms with van der Waals surface area (Å²) in [6.45, 7) is 5.79. The van der Waals surface area contributed by atoms with Crippen LogP contribution >= 0.6 is 11.6 Å². The van der Waals surface area contributed by atoms with Crippen LogP contribution < -0.4 is 9.64 Å². The summed E-state index contributed by atoms with van der Waals surface area (Å²) >= 11 is 6.25. The zero-order valence-electron chi connectivity index (χ0n) is 20.3. The second kappa shape index (κ2) is 9.92. The molecule has 0 N–H and O–H groups in total. The van der Waals surface area contributed by atoms with Crippen molar-refractivity contribution in [3.05, 3.63) is 94.0 Å². The molecule has 5 rings (SSSR count). The smallest absolute Gasteiger partial charge is 0.414 e. The average molecular weight is 491 g/mol. The van der Waals surface area contributed by atoms with Crippen molar-refractivity contribution in [2.45, 2.75) is 38.3 Å². The van der Waals surface area contributed by atoms with Gasteiger partial charge in [0.25, 0.3) is 0 Å². The predicted octanol–water partition coefficient (Wildman–Crippen LogP) is 6.35. The quantitative estimate of drug-likeness (QED) is 0.418. The fraction of sp³-hybridized carbons (Fsp3) is 0.345. The number of amides is 1. The zero-order chi connectivity index (χ0) is 24.4. The minimum Gasteiger partial charge on any atom is -0.497 e. The SMILES string of the molecule is COc1cccc(CN2CCC3(CC2)CN(C(=O)OCc2ccccc2Cl)c2ccc(C)cc23)c1. The maximum Gasteiger partial charge on any atom is 0.414 e. The lowest BCUT2D eigenvalue weighted by atomic mass is 9.74. The number of ether oxygens (including phenoxy) is 2. The van der Waals surface area contributed by atoms with E-state index in [0.717, 1.165) is 49.5 Å². The number of likely N-dealkylation sites (tertiary alicyclic amines) is 1. The van der Waals surface area contributed by atoms with Crippen molar-refractivity contribution in [3.8, 4) is 5.75 Å². The lowest BCUT2D eigenvalue weighted by Gasteiger charge is -2.40. The van der Waals surface area contributed by atoms with Gasteiger partial charge in [0.2, 0.25) is 0 Å². The number of piperidine rings is 1. The highest BCUT2D eigenvalue weighted by Crippen LogP contribution is 2.47. The van der Waals surface area contributed by atoms with Crippen molar-refractivity contribution in [2.24, 2.45) is 0 Å². The van der Waals surface area contributed by atoms with Crippen LogP contribution in [0.1, 0.15) is 35.1 Å². The lowest BCUT2D eigenvalue weighted by Crippen LogP contribution is -2.45. The average Bonchev–Trinajstić information content (AvgIpc) is 3.18. The molecule has 0 bridgehead atoms. The van der Waals surface area contributed by atoms with Gasteiger partial charge in [0.05, 0.1) is 12.8 Å². The molecular weight excluding hydrogens is 460 g/mol. The Bertz CT molecular complexity index is 1220. The van der Waals surface area contributed by atoms with Crippen molar-refractivity contribution in [2.75, 3.05) is 31.6 Å². The Kier molecular flexibility index (Phi) is 6.72.